The minimum absolute atomic E-state index is 0.129. The van der Waals surface area contributed by atoms with Crippen LogP contribution in [0.5, 0.6) is 0 Å². The predicted octanol–water partition coefficient (Wildman–Crippen LogP) is 2.88. The van der Waals surface area contributed by atoms with Crippen molar-refractivity contribution in [3.63, 3.8) is 0 Å². The van der Waals surface area contributed by atoms with Gasteiger partial charge < -0.3 is 9.73 Å². The van der Waals surface area contributed by atoms with Gasteiger partial charge in [0.1, 0.15) is 5.58 Å². The minimum atomic E-state index is -0.129. The zero-order chi connectivity index (χ0) is 11.5. The lowest BCUT2D eigenvalue weighted by Gasteiger charge is -2.00. The maximum Gasteiger partial charge on any atom is 0.287 e. The molecule has 0 radical (unpaired) electrons. The lowest BCUT2D eigenvalue weighted by molar-refractivity contribution is 0.0927. The second-order valence-electron chi connectivity index (χ2n) is 3.81. The van der Waals surface area contributed by atoms with Gasteiger partial charge in [0.2, 0.25) is 0 Å². The number of carbonyl (C=O) groups excluding carboxylic acids is 1. The van der Waals surface area contributed by atoms with Crippen molar-refractivity contribution < 1.29 is 9.21 Å². The lowest BCUT2D eigenvalue weighted by atomic mass is 10.1. The van der Waals surface area contributed by atoms with Crippen molar-refractivity contribution in [1.82, 2.24) is 5.32 Å². The Bertz CT molecular complexity index is 514. The van der Waals surface area contributed by atoms with Gasteiger partial charge in [-0.1, -0.05) is 25.1 Å². The van der Waals surface area contributed by atoms with Crippen LogP contribution >= 0.6 is 0 Å². The number of rotatable bonds is 3. The fourth-order valence-corrected chi connectivity index (χ4v) is 1.71. The fraction of sp³-hybridized carbons (Fsp3) is 0.308. The van der Waals surface area contributed by atoms with Crippen LogP contribution in [-0.2, 0) is 0 Å². The first kappa shape index (κ1) is 10.7. The Balaban J connectivity index is 2.37. The van der Waals surface area contributed by atoms with Crippen molar-refractivity contribution in [2.24, 2.45) is 0 Å². The van der Waals surface area contributed by atoms with Gasteiger partial charge in [0.25, 0.3) is 5.91 Å². The predicted molar refractivity (Wildman–Crippen MR) is 63.6 cm³/mol. The summed E-state index contributed by atoms with van der Waals surface area (Å²) in [5.41, 5.74) is 1.67. The number of aryl methyl sites for hydroxylation is 1. The first-order valence-corrected chi connectivity index (χ1v) is 5.50. The van der Waals surface area contributed by atoms with Crippen LogP contribution in [0.2, 0.25) is 0 Å². The molecular weight excluding hydrogens is 202 g/mol. The van der Waals surface area contributed by atoms with E-state index in [0.29, 0.717) is 12.3 Å². The third-order valence-corrected chi connectivity index (χ3v) is 2.59. The van der Waals surface area contributed by atoms with E-state index in [9.17, 15) is 4.79 Å². The highest BCUT2D eigenvalue weighted by atomic mass is 16.3. The molecule has 3 heteroatoms. The van der Waals surface area contributed by atoms with Crippen molar-refractivity contribution in [2.75, 3.05) is 6.54 Å². The van der Waals surface area contributed by atoms with Crippen molar-refractivity contribution in [1.29, 1.82) is 0 Å². The molecule has 0 aliphatic heterocycles. The summed E-state index contributed by atoms with van der Waals surface area (Å²) >= 11 is 0. The molecule has 16 heavy (non-hydrogen) atoms. The topological polar surface area (TPSA) is 42.2 Å². The first-order chi connectivity index (χ1) is 7.74. The Morgan fingerprint density at radius 1 is 1.38 bits per heavy atom. The van der Waals surface area contributed by atoms with Gasteiger partial charge in [-0.25, -0.2) is 0 Å². The zero-order valence-electron chi connectivity index (χ0n) is 9.54. The summed E-state index contributed by atoms with van der Waals surface area (Å²) in [6, 6.07) is 7.68. The van der Waals surface area contributed by atoms with E-state index in [1.807, 2.05) is 38.1 Å². The van der Waals surface area contributed by atoms with Gasteiger partial charge in [-0.05, 0) is 19.4 Å². The molecule has 84 valence electrons. The average Bonchev–Trinajstić information content (AvgIpc) is 2.64. The monoisotopic (exact) mass is 217 g/mol. The van der Waals surface area contributed by atoms with E-state index in [4.69, 9.17) is 4.42 Å². The fourth-order valence-electron chi connectivity index (χ4n) is 1.71. The molecule has 0 fully saturated rings. The second-order valence-corrected chi connectivity index (χ2v) is 3.81. The van der Waals surface area contributed by atoms with Crippen LogP contribution in [0.25, 0.3) is 11.0 Å². The number of fused-ring (bicyclic) bond motifs is 1. The van der Waals surface area contributed by atoms with Crippen LogP contribution in [0.15, 0.2) is 28.7 Å². The number of nitrogens with one attached hydrogen (secondary N) is 1. The molecule has 1 amide bonds. The molecule has 1 N–H and O–H groups in total. The summed E-state index contributed by atoms with van der Waals surface area (Å²) in [7, 11) is 0. The third kappa shape index (κ3) is 1.81. The van der Waals surface area contributed by atoms with Gasteiger partial charge in [-0.2, -0.15) is 0 Å². The number of amides is 1. The molecular formula is C13H15NO2. The van der Waals surface area contributed by atoms with E-state index in [0.717, 1.165) is 23.0 Å². The number of hydrogen-bond donors (Lipinski definition) is 1. The summed E-state index contributed by atoms with van der Waals surface area (Å²) in [6.07, 6.45) is 0.922. The highest BCUT2D eigenvalue weighted by Gasteiger charge is 2.16. The highest BCUT2D eigenvalue weighted by Crippen LogP contribution is 2.24. The standard InChI is InChI=1S/C13H15NO2/c1-3-8-14-13(15)12-9(2)10-6-4-5-7-11(10)16-12/h4-7H,3,8H2,1-2H3,(H,14,15). The molecule has 3 nitrogen and oxygen atoms in total. The number of benzene rings is 1. The summed E-state index contributed by atoms with van der Waals surface area (Å²) in [4.78, 5) is 11.8. The van der Waals surface area contributed by atoms with Crippen LogP contribution < -0.4 is 5.32 Å². The molecule has 0 aliphatic rings. The van der Waals surface area contributed by atoms with E-state index in [2.05, 4.69) is 5.32 Å². The summed E-state index contributed by atoms with van der Waals surface area (Å²) in [6.45, 7) is 4.60. The van der Waals surface area contributed by atoms with Crippen LogP contribution in [0.1, 0.15) is 29.5 Å². The van der Waals surface area contributed by atoms with E-state index >= 15 is 0 Å². The quantitative estimate of drug-likeness (QED) is 0.859. The normalized spacial score (nSPS) is 10.6. The van der Waals surface area contributed by atoms with Crippen molar-refractivity contribution in [3.05, 3.63) is 35.6 Å². The molecule has 1 aromatic heterocycles. The Labute approximate surface area is 94.4 Å². The largest absolute Gasteiger partial charge is 0.451 e. The molecule has 2 aromatic rings. The number of para-hydroxylation sites is 1. The van der Waals surface area contributed by atoms with Gasteiger partial charge in [-0.15, -0.1) is 0 Å². The van der Waals surface area contributed by atoms with E-state index in [1.54, 1.807) is 0 Å². The molecule has 0 atom stereocenters. The molecule has 1 aromatic carbocycles. The summed E-state index contributed by atoms with van der Waals surface area (Å²) in [5.74, 6) is 0.296. The third-order valence-electron chi connectivity index (χ3n) is 2.59. The molecule has 0 bridgehead atoms. The van der Waals surface area contributed by atoms with Gasteiger partial charge in [0.15, 0.2) is 5.76 Å². The number of carbonyl (C=O) groups is 1. The Morgan fingerprint density at radius 2 is 2.12 bits per heavy atom. The molecule has 0 saturated heterocycles. The second kappa shape index (κ2) is 4.39. The Hall–Kier alpha value is -1.77. The smallest absolute Gasteiger partial charge is 0.287 e. The van der Waals surface area contributed by atoms with Gasteiger partial charge >= 0.3 is 0 Å². The number of furan rings is 1. The van der Waals surface area contributed by atoms with Crippen molar-refractivity contribution in [2.45, 2.75) is 20.3 Å². The van der Waals surface area contributed by atoms with Crippen LogP contribution in [-0.4, -0.2) is 12.5 Å². The van der Waals surface area contributed by atoms with Gasteiger partial charge in [0.05, 0.1) is 0 Å². The molecule has 0 spiro atoms. The van der Waals surface area contributed by atoms with Crippen LogP contribution in [0, 0.1) is 6.92 Å². The highest BCUT2D eigenvalue weighted by molar-refractivity contribution is 5.98. The lowest BCUT2D eigenvalue weighted by Crippen LogP contribution is -2.24. The SMILES string of the molecule is CCCNC(=O)c1oc2ccccc2c1C. The molecule has 0 saturated carbocycles. The molecule has 0 unspecified atom stereocenters. The average molecular weight is 217 g/mol. The van der Waals surface area contributed by atoms with E-state index in [-0.39, 0.29) is 5.91 Å². The molecule has 2 rings (SSSR count). The maximum atomic E-state index is 11.8. The number of hydrogen-bond acceptors (Lipinski definition) is 2. The van der Waals surface area contributed by atoms with Gasteiger partial charge in [0, 0.05) is 17.5 Å². The maximum absolute atomic E-state index is 11.8. The molecule has 0 aliphatic carbocycles. The Kier molecular flexibility index (Phi) is 2.95. The first-order valence-electron chi connectivity index (χ1n) is 5.50. The summed E-state index contributed by atoms with van der Waals surface area (Å²) < 4.78 is 5.55. The van der Waals surface area contributed by atoms with Crippen molar-refractivity contribution >= 4 is 16.9 Å². The van der Waals surface area contributed by atoms with Crippen LogP contribution in [0.3, 0.4) is 0 Å². The van der Waals surface area contributed by atoms with E-state index < -0.39 is 0 Å². The summed E-state index contributed by atoms with van der Waals surface area (Å²) in [5, 5.41) is 3.82. The van der Waals surface area contributed by atoms with E-state index in [1.165, 1.54) is 0 Å². The minimum Gasteiger partial charge on any atom is -0.451 e. The van der Waals surface area contributed by atoms with Gasteiger partial charge in [-0.3, -0.25) is 4.79 Å². The van der Waals surface area contributed by atoms with Crippen molar-refractivity contribution in [3.8, 4) is 0 Å². The molecule has 1 heterocycles. The van der Waals surface area contributed by atoms with Crippen LogP contribution in [0.4, 0.5) is 0 Å². The zero-order valence-corrected chi connectivity index (χ0v) is 9.54. The Morgan fingerprint density at radius 3 is 2.81 bits per heavy atom.